The van der Waals surface area contributed by atoms with E-state index in [1.165, 1.54) is 83.5 Å². The first kappa shape index (κ1) is 22.7. The number of benzene rings is 1. The summed E-state index contributed by atoms with van der Waals surface area (Å²) in [5, 5.41) is 0. The first-order chi connectivity index (χ1) is 12.8. The second kappa shape index (κ2) is 17.1. The van der Waals surface area contributed by atoms with Crippen LogP contribution in [0, 0.1) is 6.07 Å². The van der Waals surface area contributed by atoms with Gasteiger partial charge >= 0.3 is 5.97 Å². The van der Waals surface area contributed by atoms with E-state index in [1.807, 2.05) is 0 Å². The summed E-state index contributed by atoms with van der Waals surface area (Å²) in [7, 11) is 0. The molecule has 2 nitrogen and oxygen atoms in total. The van der Waals surface area contributed by atoms with Gasteiger partial charge in [0, 0.05) is 6.42 Å². The molecule has 1 radical (unpaired) electrons. The Morgan fingerprint density at radius 2 is 1.15 bits per heavy atom. The van der Waals surface area contributed by atoms with Gasteiger partial charge < -0.3 is 4.74 Å². The number of esters is 1. The Labute approximate surface area is 161 Å². The minimum absolute atomic E-state index is 0.120. The van der Waals surface area contributed by atoms with Crippen LogP contribution in [0.1, 0.15) is 110 Å². The van der Waals surface area contributed by atoms with Gasteiger partial charge in [0.1, 0.15) is 5.75 Å². The lowest BCUT2D eigenvalue weighted by Gasteiger charge is -2.04. The lowest BCUT2D eigenvalue weighted by Crippen LogP contribution is -2.07. The first-order valence-electron chi connectivity index (χ1n) is 11.0. The van der Waals surface area contributed by atoms with E-state index in [9.17, 15) is 4.79 Å². The molecule has 0 aromatic heterocycles. The zero-order valence-electron chi connectivity index (χ0n) is 16.9. The number of rotatable bonds is 17. The van der Waals surface area contributed by atoms with Crippen LogP contribution in [0.15, 0.2) is 24.3 Å². The molecule has 0 amide bonds. The Hall–Kier alpha value is -1.31. The third kappa shape index (κ3) is 13.9. The second-order valence-electron chi connectivity index (χ2n) is 7.41. The molecule has 0 atom stereocenters. The standard InChI is InChI=1S/C24H39O2/c1-2-3-4-5-6-7-8-9-10-11-12-13-14-15-19-22-24(25)26-23-20-17-16-18-21-23/h17-18,20-21H,2-15,19,22H2,1H3. The van der Waals surface area contributed by atoms with Crippen LogP contribution in [-0.4, -0.2) is 5.97 Å². The maximum Gasteiger partial charge on any atom is 0.311 e. The zero-order chi connectivity index (χ0) is 18.7. The number of carbonyl (C=O) groups excluding carboxylic acids is 1. The Morgan fingerprint density at radius 3 is 1.62 bits per heavy atom. The SMILES string of the molecule is CCCCCCCCCCCCCCCCCC(=O)Oc1cc[c]cc1. The van der Waals surface area contributed by atoms with Crippen LogP contribution < -0.4 is 4.74 Å². The molecule has 1 rings (SSSR count). The maximum atomic E-state index is 11.7. The number of hydrogen-bond acceptors (Lipinski definition) is 2. The van der Waals surface area contributed by atoms with Gasteiger partial charge in [-0.05, 0) is 24.6 Å². The predicted octanol–water partition coefficient (Wildman–Crippen LogP) is 7.65. The molecule has 0 spiro atoms. The van der Waals surface area contributed by atoms with Crippen molar-refractivity contribution < 1.29 is 9.53 Å². The highest BCUT2D eigenvalue weighted by Crippen LogP contribution is 2.14. The zero-order valence-corrected chi connectivity index (χ0v) is 16.9. The molecular weight excluding hydrogens is 320 g/mol. The largest absolute Gasteiger partial charge is 0.427 e. The highest BCUT2D eigenvalue weighted by molar-refractivity contribution is 5.72. The normalized spacial score (nSPS) is 10.8. The summed E-state index contributed by atoms with van der Waals surface area (Å²) in [6.45, 7) is 2.28. The van der Waals surface area contributed by atoms with Crippen molar-refractivity contribution in [2.75, 3.05) is 0 Å². The number of ether oxygens (including phenoxy) is 1. The number of hydrogen-bond donors (Lipinski definition) is 0. The smallest absolute Gasteiger partial charge is 0.311 e. The van der Waals surface area contributed by atoms with Crippen LogP contribution in [0.2, 0.25) is 0 Å². The number of unbranched alkanes of at least 4 members (excludes halogenated alkanes) is 14. The molecule has 0 aliphatic heterocycles. The molecule has 1 aromatic rings. The lowest BCUT2D eigenvalue weighted by molar-refractivity contribution is -0.134. The molecule has 0 N–H and O–H groups in total. The summed E-state index contributed by atoms with van der Waals surface area (Å²) in [5.74, 6) is 0.501. The Bertz CT molecular complexity index is 427. The minimum atomic E-state index is -0.120. The molecular formula is C24H39O2. The summed E-state index contributed by atoms with van der Waals surface area (Å²) in [6, 6.07) is 9.97. The third-order valence-corrected chi connectivity index (χ3v) is 4.90. The Balaban J connectivity index is 1.77. The summed E-state index contributed by atoms with van der Waals surface area (Å²) >= 11 is 0. The van der Waals surface area contributed by atoms with Crippen molar-refractivity contribution >= 4 is 5.97 Å². The quantitative estimate of drug-likeness (QED) is 0.162. The average Bonchev–Trinajstić information content (AvgIpc) is 2.65. The molecule has 2 heteroatoms. The number of carbonyl (C=O) groups is 1. The summed E-state index contributed by atoms with van der Waals surface area (Å²) < 4.78 is 5.27. The maximum absolute atomic E-state index is 11.7. The molecule has 147 valence electrons. The minimum Gasteiger partial charge on any atom is -0.427 e. The van der Waals surface area contributed by atoms with Gasteiger partial charge in [0.2, 0.25) is 0 Å². The van der Waals surface area contributed by atoms with Crippen LogP contribution in [0.25, 0.3) is 0 Å². The van der Waals surface area contributed by atoms with Gasteiger partial charge in [-0.25, -0.2) is 0 Å². The van der Waals surface area contributed by atoms with Crippen molar-refractivity contribution in [2.24, 2.45) is 0 Å². The van der Waals surface area contributed by atoms with Crippen LogP contribution in [0.3, 0.4) is 0 Å². The van der Waals surface area contributed by atoms with E-state index in [2.05, 4.69) is 13.0 Å². The highest BCUT2D eigenvalue weighted by Gasteiger charge is 2.04. The Morgan fingerprint density at radius 1 is 0.731 bits per heavy atom. The molecule has 0 aliphatic carbocycles. The topological polar surface area (TPSA) is 26.3 Å². The highest BCUT2D eigenvalue weighted by atomic mass is 16.5. The van der Waals surface area contributed by atoms with Gasteiger partial charge in [-0.15, -0.1) is 0 Å². The van der Waals surface area contributed by atoms with Crippen LogP contribution >= 0.6 is 0 Å². The lowest BCUT2D eigenvalue weighted by atomic mass is 10.0. The molecule has 0 fully saturated rings. The molecule has 0 saturated heterocycles. The van der Waals surface area contributed by atoms with E-state index in [0.717, 1.165) is 12.8 Å². The van der Waals surface area contributed by atoms with E-state index >= 15 is 0 Å². The van der Waals surface area contributed by atoms with Crippen LogP contribution in [-0.2, 0) is 4.79 Å². The van der Waals surface area contributed by atoms with E-state index in [-0.39, 0.29) is 5.97 Å². The summed E-state index contributed by atoms with van der Waals surface area (Å²) in [6.07, 6.45) is 20.6. The van der Waals surface area contributed by atoms with Gasteiger partial charge in [-0.3, -0.25) is 4.79 Å². The van der Waals surface area contributed by atoms with E-state index < -0.39 is 0 Å². The molecule has 0 saturated carbocycles. The predicted molar refractivity (Wildman–Crippen MR) is 110 cm³/mol. The van der Waals surface area contributed by atoms with E-state index in [1.54, 1.807) is 24.3 Å². The van der Waals surface area contributed by atoms with Crippen molar-refractivity contribution in [3.8, 4) is 5.75 Å². The fraction of sp³-hybridized carbons (Fsp3) is 0.708. The monoisotopic (exact) mass is 359 g/mol. The molecule has 0 aliphatic rings. The second-order valence-corrected chi connectivity index (χ2v) is 7.41. The third-order valence-electron chi connectivity index (χ3n) is 4.90. The van der Waals surface area contributed by atoms with E-state index in [4.69, 9.17) is 4.74 Å². The van der Waals surface area contributed by atoms with Crippen molar-refractivity contribution in [3.63, 3.8) is 0 Å². The fourth-order valence-corrected chi connectivity index (χ4v) is 3.26. The van der Waals surface area contributed by atoms with Crippen molar-refractivity contribution in [1.29, 1.82) is 0 Å². The first-order valence-corrected chi connectivity index (χ1v) is 11.0. The molecule has 26 heavy (non-hydrogen) atoms. The van der Waals surface area contributed by atoms with Crippen LogP contribution in [0.4, 0.5) is 0 Å². The van der Waals surface area contributed by atoms with Crippen LogP contribution in [0.5, 0.6) is 5.75 Å². The molecule has 0 bridgehead atoms. The van der Waals surface area contributed by atoms with Gasteiger partial charge in [0.15, 0.2) is 0 Å². The van der Waals surface area contributed by atoms with Crippen molar-refractivity contribution in [3.05, 3.63) is 30.3 Å². The van der Waals surface area contributed by atoms with Gasteiger partial charge in [0.25, 0.3) is 0 Å². The summed E-state index contributed by atoms with van der Waals surface area (Å²) in [5.41, 5.74) is 0. The summed E-state index contributed by atoms with van der Waals surface area (Å²) in [4.78, 5) is 11.7. The molecule has 0 unspecified atom stereocenters. The molecule has 1 aromatic carbocycles. The average molecular weight is 360 g/mol. The Kier molecular flexibility index (Phi) is 15.0. The fourth-order valence-electron chi connectivity index (χ4n) is 3.26. The van der Waals surface area contributed by atoms with Crippen molar-refractivity contribution in [2.45, 2.75) is 110 Å². The van der Waals surface area contributed by atoms with Gasteiger partial charge in [0.05, 0.1) is 0 Å². The van der Waals surface area contributed by atoms with Crippen molar-refractivity contribution in [1.82, 2.24) is 0 Å². The molecule has 0 heterocycles. The van der Waals surface area contributed by atoms with Gasteiger partial charge in [-0.2, -0.15) is 0 Å². The van der Waals surface area contributed by atoms with E-state index in [0.29, 0.717) is 12.2 Å². The van der Waals surface area contributed by atoms with Gasteiger partial charge in [-0.1, -0.05) is 109 Å².